The highest BCUT2D eigenvalue weighted by atomic mass is 16.3. The fraction of sp³-hybridized carbons (Fsp3) is 1.00. The zero-order chi connectivity index (χ0) is 16.5. The summed E-state index contributed by atoms with van der Waals surface area (Å²) in [6.07, 6.45) is 18.7. The van der Waals surface area contributed by atoms with E-state index in [1.807, 2.05) is 0 Å². The van der Waals surface area contributed by atoms with E-state index < -0.39 is 0 Å². The summed E-state index contributed by atoms with van der Waals surface area (Å²) in [6, 6.07) is 0. The van der Waals surface area contributed by atoms with Gasteiger partial charge in [-0.3, -0.25) is 0 Å². The Labute approximate surface area is 139 Å². The van der Waals surface area contributed by atoms with Gasteiger partial charge in [0, 0.05) is 5.41 Å². The van der Waals surface area contributed by atoms with Crippen LogP contribution < -0.4 is 0 Å². The van der Waals surface area contributed by atoms with Crippen LogP contribution >= 0.6 is 0 Å². The van der Waals surface area contributed by atoms with E-state index in [2.05, 4.69) is 13.8 Å². The summed E-state index contributed by atoms with van der Waals surface area (Å²) < 4.78 is 0. The highest BCUT2D eigenvalue weighted by molar-refractivity contribution is 4.78. The predicted molar refractivity (Wildman–Crippen MR) is 97.2 cm³/mol. The van der Waals surface area contributed by atoms with Crippen molar-refractivity contribution in [2.24, 2.45) is 5.41 Å². The Bertz CT molecular complexity index is 212. The second-order valence-electron chi connectivity index (χ2n) is 7.21. The summed E-state index contributed by atoms with van der Waals surface area (Å²) in [4.78, 5) is 0. The molecule has 0 aliphatic rings. The van der Waals surface area contributed by atoms with Crippen LogP contribution in [0.25, 0.3) is 0 Å². The summed E-state index contributed by atoms with van der Waals surface area (Å²) in [5.74, 6) is 0. The lowest BCUT2D eigenvalue weighted by Gasteiger charge is -2.30. The first-order chi connectivity index (χ1) is 10.7. The standard InChI is InChI=1S/C20H42O2/c1-3-5-7-9-11-13-15-17-20(18-21,19-22)16-14-12-10-8-6-4-2/h21-22H,3-19H2,1-2H3. The van der Waals surface area contributed by atoms with Gasteiger partial charge in [0.05, 0.1) is 13.2 Å². The van der Waals surface area contributed by atoms with E-state index >= 15 is 0 Å². The Balaban J connectivity index is 3.76. The van der Waals surface area contributed by atoms with Crippen LogP contribution in [-0.4, -0.2) is 23.4 Å². The molecule has 2 nitrogen and oxygen atoms in total. The topological polar surface area (TPSA) is 40.5 Å². The van der Waals surface area contributed by atoms with E-state index in [9.17, 15) is 10.2 Å². The Hall–Kier alpha value is -0.0800. The highest BCUT2D eigenvalue weighted by Gasteiger charge is 2.27. The zero-order valence-corrected chi connectivity index (χ0v) is 15.4. The van der Waals surface area contributed by atoms with Crippen LogP contribution in [0.15, 0.2) is 0 Å². The maximum atomic E-state index is 9.73. The molecule has 0 aromatic carbocycles. The van der Waals surface area contributed by atoms with Crippen LogP contribution in [0.1, 0.15) is 110 Å². The first kappa shape index (κ1) is 21.9. The van der Waals surface area contributed by atoms with Gasteiger partial charge in [-0.1, -0.05) is 97.3 Å². The van der Waals surface area contributed by atoms with Crippen molar-refractivity contribution in [3.8, 4) is 0 Å². The lowest BCUT2D eigenvalue weighted by molar-refractivity contribution is 0.0353. The fourth-order valence-corrected chi connectivity index (χ4v) is 3.23. The minimum Gasteiger partial charge on any atom is -0.396 e. The average molecular weight is 315 g/mol. The number of aliphatic hydroxyl groups is 2. The number of aliphatic hydroxyl groups excluding tert-OH is 2. The minimum absolute atomic E-state index is 0.147. The lowest BCUT2D eigenvalue weighted by atomic mass is 9.79. The van der Waals surface area contributed by atoms with Gasteiger partial charge in [-0.15, -0.1) is 0 Å². The van der Waals surface area contributed by atoms with E-state index in [1.54, 1.807) is 0 Å². The van der Waals surface area contributed by atoms with E-state index in [1.165, 1.54) is 70.6 Å². The van der Waals surface area contributed by atoms with Gasteiger partial charge >= 0.3 is 0 Å². The summed E-state index contributed by atoms with van der Waals surface area (Å²) in [5, 5.41) is 19.5. The van der Waals surface area contributed by atoms with Crippen LogP contribution in [0.4, 0.5) is 0 Å². The van der Waals surface area contributed by atoms with Gasteiger partial charge in [0.1, 0.15) is 0 Å². The van der Waals surface area contributed by atoms with Crippen LogP contribution in [0.5, 0.6) is 0 Å². The van der Waals surface area contributed by atoms with Crippen LogP contribution in [-0.2, 0) is 0 Å². The molecule has 0 heterocycles. The van der Waals surface area contributed by atoms with Crippen molar-refractivity contribution in [3.63, 3.8) is 0 Å². The number of rotatable bonds is 17. The molecule has 2 N–H and O–H groups in total. The van der Waals surface area contributed by atoms with E-state index in [0.717, 1.165) is 25.7 Å². The first-order valence-corrected chi connectivity index (χ1v) is 9.96. The summed E-state index contributed by atoms with van der Waals surface area (Å²) in [7, 11) is 0. The maximum Gasteiger partial charge on any atom is 0.0509 e. The molecule has 0 radical (unpaired) electrons. The fourth-order valence-electron chi connectivity index (χ4n) is 3.23. The number of unbranched alkanes of at least 4 members (excludes halogenated alkanes) is 11. The quantitative estimate of drug-likeness (QED) is 0.331. The smallest absolute Gasteiger partial charge is 0.0509 e. The molecular weight excluding hydrogens is 272 g/mol. The molecule has 134 valence electrons. The molecule has 0 amide bonds. The van der Waals surface area contributed by atoms with Crippen LogP contribution in [0.3, 0.4) is 0 Å². The second kappa shape index (κ2) is 15.8. The molecule has 0 fully saturated rings. The number of hydrogen-bond acceptors (Lipinski definition) is 2. The molecule has 2 heteroatoms. The summed E-state index contributed by atoms with van der Waals surface area (Å²) in [6.45, 7) is 4.78. The molecule has 0 saturated carbocycles. The summed E-state index contributed by atoms with van der Waals surface area (Å²) >= 11 is 0. The van der Waals surface area contributed by atoms with Gasteiger partial charge < -0.3 is 10.2 Å². The molecule has 0 aliphatic carbocycles. The van der Waals surface area contributed by atoms with Gasteiger partial charge in [-0.25, -0.2) is 0 Å². The Kier molecular flexibility index (Phi) is 15.7. The molecule has 0 unspecified atom stereocenters. The Morgan fingerprint density at radius 3 is 1.14 bits per heavy atom. The van der Waals surface area contributed by atoms with Crippen molar-refractivity contribution < 1.29 is 10.2 Å². The molecule has 0 bridgehead atoms. The van der Waals surface area contributed by atoms with E-state index in [0.29, 0.717) is 0 Å². The van der Waals surface area contributed by atoms with Gasteiger partial charge in [-0.05, 0) is 12.8 Å². The van der Waals surface area contributed by atoms with Crippen molar-refractivity contribution in [3.05, 3.63) is 0 Å². The molecule has 0 spiro atoms. The molecule has 0 saturated heterocycles. The average Bonchev–Trinajstić information content (AvgIpc) is 2.55. The molecular formula is C20H42O2. The van der Waals surface area contributed by atoms with Crippen molar-refractivity contribution in [1.82, 2.24) is 0 Å². The van der Waals surface area contributed by atoms with Crippen LogP contribution in [0.2, 0.25) is 0 Å². The molecule has 0 rings (SSSR count). The monoisotopic (exact) mass is 314 g/mol. The van der Waals surface area contributed by atoms with Crippen molar-refractivity contribution >= 4 is 0 Å². The molecule has 0 aliphatic heterocycles. The van der Waals surface area contributed by atoms with Crippen molar-refractivity contribution in [2.45, 2.75) is 110 Å². The highest BCUT2D eigenvalue weighted by Crippen LogP contribution is 2.31. The third kappa shape index (κ3) is 11.5. The van der Waals surface area contributed by atoms with E-state index in [4.69, 9.17) is 0 Å². The van der Waals surface area contributed by atoms with Gasteiger partial charge in [0.15, 0.2) is 0 Å². The molecule has 0 aromatic rings. The largest absolute Gasteiger partial charge is 0.396 e. The minimum atomic E-state index is -0.214. The molecule has 0 aromatic heterocycles. The first-order valence-electron chi connectivity index (χ1n) is 9.96. The van der Waals surface area contributed by atoms with Gasteiger partial charge in [0.2, 0.25) is 0 Å². The maximum absolute atomic E-state index is 9.73. The van der Waals surface area contributed by atoms with Gasteiger partial charge in [0.25, 0.3) is 0 Å². The van der Waals surface area contributed by atoms with Crippen molar-refractivity contribution in [1.29, 1.82) is 0 Å². The molecule has 0 atom stereocenters. The Morgan fingerprint density at radius 2 is 0.818 bits per heavy atom. The van der Waals surface area contributed by atoms with Gasteiger partial charge in [-0.2, -0.15) is 0 Å². The third-order valence-corrected chi connectivity index (χ3v) is 5.04. The molecule has 22 heavy (non-hydrogen) atoms. The normalized spacial score (nSPS) is 12.0. The number of hydrogen-bond donors (Lipinski definition) is 2. The summed E-state index contributed by atoms with van der Waals surface area (Å²) in [5.41, 5.74) is -0.214. The third-order valence-electron chi connectivity index (χ3n) is 5.04. The van der Waals surface area contributed by atoms with Crippen molar-refractivity contribution in [2.75, 3.05) is 13.2 Å². The zero-order valence-electron chi connectivity index (χ0n) is 15.4. The van der Waals surface area contributed by atoms with E-state index in [-0.39, 0.29) is 18.6 Å². The Morgan fingerprint density at radius 1 is 0.500 bits per heavy atom. The second-order valence-corrected chi connectivity index (χ2v) is 7.21. The predicted octanol–water partition coefficient (Wildman–Crippen LogP) is 5.85. The lowest BCUT2D eigenvalue weighted by Crippen LogP contribution is -2.29. The van der Waals surface area contributed by atoms with Crippen LogP contribution in [0, 0.1) is 5.41 Å². The SMILES string of the molecule is CCCCCCCCCC(CO)(CO)CCCCCCCC.